The smallest absolute Gasteiger partial charge is 0.257 e. The number of amides is 1. The first-order chi connectivity index (χ1) is 9.91. The first-order valence-electron chi connectivity index (χ1n) is 6.42. The highest BCUT2D eigenvalue weighted by Gasteiger charge is 2.22. The number of phenols is 1. The van der Waals surface area contributed by atoms with Gasteiger partial charge in [-0.3, -0.25) is 4.79 Å². The van der Waals surface area contributed by atoms with Gasteiger partial charge in [0.15, 0.2) is 0 Å². The zero-order valence-electron chi connectivity index (χ0n) is 11.7. The first-order valence-corrected chi connectivity index (χ1v) is 7.59. The van der Waals surface area contributed by atoms with Crippen molar-refractivity contribution in [3.8, 4) is 5.75 Å². The number of nitrogens with zero attached hydrogens (tertiary/aromatic N) is 1. The van der Waals surface area contributed by atoms with E-state index in [1.807, 2.05) is 25.1 Å². The molecular weight excluding hydrogens is 354 g/mol. The van der Waals surface area contributed by atoms with Gasteiger partial charge >= 0.3 is 0 Å². The van der Waals surface area contributed by atoms with Gasteiger partial charge in [0.2, 0.25) is 0 Å². The number of carbonyl (C=O) groups is 1. The van der Waals surface area contributed by atoms with Gasteiger partial charge in [0.25, 0.3) is 5.91 Å². The van der Waals surface area contributed by atoms with Crippen molar-refractivity contribution < 1.29 is 9.90 Å². The van der Waals surface area contributed by atoms with E-state index in [-0.39, 0.29) is 23.3 Å². The maximum absolute atomic E-state index is 12.5. The van der Waals surface area contributed by atoms with Gasteiger partial charge in [-0.25, -0.2) is 0 Å². The quantitative estimate of drug-likeness (QED) is 0.857. The molecule has 0 saturated carbocycles. The van der Waals surface area contributed by atoms with Crippen molar-refractivity contribution in [3.63, 3.8) is 0 Å². The van der Waals surface area contributed by atoms with E-state index >= 15 is 0 Å². The van der Waals surface area contributed by atoms with Crippen molar-refractivity contribution in [2.45, 2.75) is 13.0 Å². The van der Waals surface area contributed by atoms with Crippen LogP contribution in [-0.2, 0) is 0 Å². The molecule has 21 heavy (non-hydrogen) atoms. The van der Waals surface area contributed by atoms with Gasteiger partial charge in [-0.05, 0) is 36.8 Å². The molecule has 2 aromatic carbocycles. The molecule has 0 aliphatic rings. The molecule has 1 atom stereocenters. The summed E-state index contributed by atoms with van der Waals surface area (Å²) in [5.74, 6) is -0.306. The van der Waals surface area contributed by atoms with E-state index in [4.69, 9.17) is 11.6 Å². The normalized spacial score (nSPS) is 12.0. The van der Waals surface area contributed by atoms with Crippen LogP contribution in [0.4, 0.5) is 0 Å². The monoisotopic (exact) mass is 367 g/mol. The minimum atomic E-state index is -0.257. The number of carbonyl (C=O) groups excluding carboxylic acids is 1. The Hall–Kier alpha value is -1.52. The molecule has 1 amide bonds. The lowest BCUT2D eigenvalue weighted by Crippen LogP contribution is -2.29. The van der Waals surface area contributed by atoms with Crippen LogP contribution >= 0.6 is 27.5 Å². The maximum atomic E-state index is 12.5. The van der Waals surface area contributed by atoms with Crippen LogP contribution in [0.25, 0.3) is 0 Å². The Kier molecular flexibility index (Phi) is 4.91. The first kappa shape index (κ1) is 15.9. The van der Waals surface area contributed by atoms with Gasteiger partial charge in [-0.15, -0.1) is 0 Å². The van der Waals surface area contributed by atoms with Crippen LogP contribution in [0.15, 0.2) is 46.9 Å². The Morgan fingerprint density at radius 1 is 1.29 bits per heavy atom. The maximum Gasteiger partial charge on any atom is 0.257 e. The zero-order valence-corrected chi connectivity index (χ0v) is 14.0. The number of rotatable bonds is 3. The van der Waals surface area contributed by atoms with Crippen LogP contribution in [0.2, 0.25) is 5.02 Å². The van der Waals surface area contributed by atoms with Gasteiger partial charge in [0.05, 0.1) is 11.6 Å². The third-order valence-corrected chi connectivity index (χ3v) is 4.28. The Labute approximate surface area is 137 Å². The molecule has 0 spiro atoms. The third-order valence-electron chi connectivity index (χ3n) is 3.45. The lowest BCUT2D eigenvalue weighted by Gasteiger charge is -2.26. The topological polar surface area (TPSA) is 40.5 Å². The molecule has 0 aliphatic carbocycles. The second kappa shape index (κ2) is 6.50. The fourth-order valence-electron chi connectivity index (χ4n) is 2.07. The van der Waals surface area contributed by atoms with Gasteiger partial charge in [0, 0.05) is 16.5 Å². The summed E-state index contributed by atoms with van der Waals surface area (Å²) in [4.78, 5) is 14.1. The summed E-state index contributed by atoms with van der Waals surface area (Å²) in [6.45, 7) is 1.90. The highest BCUT2D eigenvalue weighted by Crippen LogP contribution is 2.29. The molecule has 1 N–H and O–H groups in total. The van der Waals surface area contributed by atoms with E-state index in [0.717, 1.165) is 10.0 Å². The van der Waals surface area contributed by atoms with Crippen LogP contribution in [-0.4, -0.2) is 23.0 Å². The number of hydrogen-bond donors (Lipinski definition) is 1. The number of benzene rings is 2. The Bertz CT molecular complexity index is 675. The van der Waals surface area contributed by atoms with E-state index in [1.165, 1.54) is 6.07 Å². The number of halogens is 2. The van der Waals surface area contributed by atoms with Crippen molar-refractivity contribution in [1.29, 1.82) is 0 Å². The van der Waals surface area contributed by atoms with Crippen molar-refractivity contribution in [2.24, 2.45) is 0 Å². The Morgan fingerprint density at radius 3 is 2.57 bits per heavy atom. The van der Waals surface area contributed by atoms with Gasteiger partial charge in [0.1, 0.15) is 5.75 Å². The third kappa shape index (κ3) is 3.39. The van der Waals surface area contributed by atoms with Crippen LogP contribution in [0.5, 0.6) is 5.75 Å². The fraction of sp³-hybridized carbons (Fsp3) is 0.188. The van der Waals surface area contributed by atoms with Crippen LogP contribution < -0.4 is 0 Å². The highest BCUT2D eigenvalue weighted by molar-refractivity contribution is 9.10. The second-order valence-electron chi connectivity index (χ2n) is 4.78. The minimum absolute atomic E-state index is 0.0485. The van der Waals surface area contributed by atoms with Gasteiger partial charge in [-0.1, -0.05) is 45.7 Å². The van der Waals surface area contributed by atoms with E-state index < -0.39 is 0 Å². The number of aromatic hydroxyl groups is 1. The van der Waals surface area contributed by atoms with Crippen LogP contribution in [0.1, 0.15) is 28.9 Å². The molecule has 0 saturated heterocycles. The summed E-state index contributed by atoms with van der Waals surface area (Å²) in [7, 11) is 1.69. The molecule has 3 nitrogen and oxygen atoms in total. The molecule has 0 fully saturated rings. The fourth-order valence-corrected chi connectivity index (χ4v) is 2.72. The second-order valence-corrected chi connectivity index (χ2v) is 6.10. The van der Waals surface area contributed by atoms with Crippen LogP contribution in [0.3, 0.4) is 0 Å². The van der Waals surface area contributed by atoms with Crippen LogP contribution in [0, 0.1) is 0 Å². The lowest BCUT2D eigenvalue weighted by molar-refractivity contribution is 0.0739. The van der Waals surface area contributed by atoms with Crippen molar-refractivity contribution in [2.75, 3.05) is 7.05 Å². The van der Waals surface area contributed by atoms with Gasteiger partial charge in [-0.2, -0.15) is 0 Å². The highest BCUT2D eigenvalue weighted by atomic mass is 79.9. The molecular formula is C16H15BrClNO2. The molecule has 0 aliphatic heterocycles. The summed E-state index contributed by atoms with van der Waals surface area (Å²) < 4.78 is 0.721. The van der Waals surface area contributed by atoms with Crippen molar-refractivity contribution in [1.82, 2.24) is 4.90 Å². The predicted octanol–water partition coefficient (Wildman–Crippen LogP) is 4.64. The molecule has 0 bridgehead atoms. The molecule has 110 valence electrons. The molecule has 0 radical (unpaired) electrons. The molecule has 0 heterocycles. The van der Waals surface area contributed by atoms with Crippen molar-refractivity contribution in [3.05, 3.63) is 63.1 Å². The average Bonchev–Trinajstić information content (AvgIpc) is 2.45. The van der Waals surface area contributed by atoms with E-state index in [9.17, 15) is 9.90 Å². The number of hydrogen-bond acceptors (Lipinski definition) is 2. The summed E-state index contributed by atoms with van der Waals surface area (Å²) in [6.07, 6.45) is 0. The largest absolute Gasteiger partial charge is 0.507 e. The molecule has 2 aromatic rings. The standard InChI is InChI=1S/C16H15BrClNO2/c1-10(12-5-3-4-6-14(12)18)19(2)16(21)13-8-7-11(17)9-15(13)20/h3-10,20H,1-2H3. The summed E-state index contributed by atoms with van der Waals surface area (Å²) in [5, 5.41) is 10.5. The van der Waals surface area contributed by atoms with Gasteiger partial charge < -0.3 is 10.0 Å². The van der Waals surface area contributed by atoms with Crippen molar-refractivity contribution >= 4 is 33.4 Å². The minimum Gasteiger partial charge on any atom is -0.507 e. The van der Waals surface area contributed by atoms with E-state index in [1.54, 1.807) is 30.1 Å². The summed E-state index contributed by atoms with van der Waals surface area (Å²) in [5.41, 5.74) is 1.13. The SMILES string of the molecule is CC(c1ccccc1Cl)N(C)C(=O)c1ccc(Br)cc1O. The Balaban J connectivity index is 2.29. The lowest BCUT2D eigenvalue weighted by atomic mass is 10.1. The molecule has 0 aromatic heterocycles. The average molecular weight is 369 g/mol. The molecule has 5 heteroatoms. The Morgan fingerprint density at radius 2 is 1.95 bits per heavy atom. The molecule has 2 rings (SSSR count). The number of phenolic OH excluding ortho intramolecular Hbond substituents is 1. The van der Waals surface area contributed by atoms with E-state index in [0.29, 0.717) is 5.02 Å². The molecule has 1 unspecified atom stereocenters. The summed E-state index contributed by atoms with van der Waals surface area (Å²) in [6, 6.07) is 12.0. The van der Waals surface area contributed by atoms with E-state index in [2.05, 4.69) is 15.9 Å². The zero-order chi connectivity index (χ0) is 15.6. The predicted molar refractivity (Wildman–Crippen MR) is 87.8 cm³/mol. The summed E-state index contributed by atoms with van der Waals surface area (Å²) >= 11 is 9.43.